The molecular formula is C24H22FN3O3. The van der Waals surface area contributed by atoms with Crippen molar-refractivity contribution in [3.8, 4) is 22.9 Å². The molecule has 31 heavy (non-hydrogen) atoms. The van der Waals surface area contributed by atoms with E-state index in [0.717, 1.165) is 11.1 Å². The molecule has 0 fully saturated rings. The van der Waals surface area contributed by atoms with Gasteiger partial charge in [-0.1, -0.05) is 24.3 Å². The lowest BCUT2D eigenvalue weighted by Gasteiger charge is -2.12. The molecule has 1 N–H and O–H groups in total. The summed E-state index contributed by atoms with van der Waals surface area (Å²) in [4.78, 5) is 16.9. The summed E-state index contributed by atoms with van der Waals surface area (Å²) in [6, 6.07) is 19.1. The summed E-state index contributed by atoms with van der Waals surface area (Å²) in [5.74, 6) is 1.20. The monoisotopic (exact) mass is 419 g/mol. The first-order chi connectivity index (χ1) is 15.0. The van der Waals surface area contributed by atoms with Gasteiger partial charge in [0.25, 0.3) is 5.91 Å². The molecule has 0 bridgehead atoms. The molecule has 4 aromatic rings. The highest BCUT2D eigenvalue weighted by Crippen LogP contribution is 2.27. The SMILES string of the molecule is CCOc1ccccc1NC(=O)COc1cccc(-c2nc3cc(F)ccc3n2C)c1. The van der Waals surface area contributed by atoms with Gasteiger partial charge in [-0.15, -0.1) is 0 Å². The molecule has 7 heteroatoms. The number of amides is 1. The van der Waals surface area contributed by atoms with Gasteiger partial charge in [-0.05, 0) is 43.3 Å². The molecule has 0 spiro atoms. The fraction of sp³-hybridized carbons (Fsp3) is 0.167. The summed E-state index contributed by atoms with van der Waals surface area (Å²) in [6.07, 6.45) is 0. The van der Waals surface area contributed by atoms with Crippen LogP contribution in [0.4, 0.5) is 10.1 Å². The largest absolute Gasteiger partial charge is 0.492 e. The van der Waals surface area contributed by atoms with Gasteiger partial charge < -0.3 is 19.4 Å². The number of fused-ring (bicyclic) bond motifs is 1. The zero-order valence-corrected chi connectivity index (χ0v) is 17.3. The van der Waals surface area contributed by atoms with E-state index in [-0.39, 0.29) is 18.3 Å². The highest BCUT2D eigenvalue weighted by Gasteiger charge is 2.12. The number of aryl methyl sites for hydroxylation is 1. The quantitative estimate of drug-likeness (QED) is 0.468. The second-order valence-electron chi connectivity index (χ2n) is 6.92. The van der Waals surface area contributed by atoms with Crippen molar-refractivity contribution < 1.29 is 18.7 Å². The van der Waals surface area contributed by atoms with Crippen LogP contribution in [-0.4, -0.2) is 28.7 Å². The average Bonchev–Trinajstić information content (AvgIpc) is 3.09. The minimum absolute atomic E-state index is 0.155. The number of benzene rings is 3. The normalized spacial score (nSPS) is 10.8. The molecule has 158 valence electrons. The van der Waals surface area contributed by atoms with Gasteiger partial charge in [-0.2, -0.15) is 0 Å². The Kier molecular flexibility index (Phi) is 5.84. The fourth-order valence-corrected chi connectivity index (χ4v) is 3.34. The summed E-state index contributed by atoms with van der Waals surface area (Å²) in [5.41, 5.74) is 2.81. The number of para-hydroxylation sites is 2. The van der Waals surface area contributed by atoms with Crippen LogP contribution in [0.3, 0.4) is 0 Å². The molecule has 1 amide bonds. The molecule has 0 saturated heterocycles. The Bertz CT molecular complexity index is 1240. The molecule has 0 radical (unpaired) electrons. The summed E-state index contributed by atoms with van der Waals surface area (Å²) in [6.45, 7) is 2.23. The van der Waals surface area contributed by atoms with Crippen molar-refractivity contribution in [2.45, 2.75) is 6.92 Å². The predicted molar refractivity (Wildman–Crippen MR) is 118 cm³/mol. The molecule has 0 unspecified atom stereocenters. The van der Waals surface area contributed by atoms with E-state index >= 15 is 0 Å². The van der Waals surface area contributed by atoms with Crippen LogP contribution in [0.5, 0.6) is 11.5 Å². The Labute approximate surface area is 179 Å². The van der Waals surface area contributed by atoms with Crippen LogP contribution in [0, 0.1) is 5.82 Å². The smallest absolute Gasteiger partial charge is 0.262 e. The standard InChI is InChI=1S/C24H22FN3O3/c1-3-30-22-10-5-4-9-19(22)26-23(29)15-31-18-8-6-7-16(13-18)24-27-20-14-17(25)11-12-21(20)28(24)2/h4-14H,3,15H2,1-2H3,(H,26,29). The number of hydrogen-bond donors (Lipinski definition) is 1. The summed E-state index contributed by atoms with van der Waals surface area (Å²) in [7, 11) is 1.87. The number of ether oxygens (including phenoxy) is 2. The number of anilines is 1. The minimum atomic E-state index is -0.328. The van der Waals surface area contributed by atoms with Gasteiger partial charge in [-0.3, -0.25) is 4.79 Å². The van der Waals surface area contributed by atoms with E-state index < -0.39 is 0 Å². The van der Waals surface area contributed by atoms with E-state index in [1.807, 2.05) is 42.8 Å². The third kappa shape index (κ3) is 4.50. The zero-order chi connectivity index (χ0) is 21.8. The maximum atomic E-state index is 13.5. The van der Waals surface area contributed by atoms with E-state index in [2.05, 4.69) is 10.3 Å². The van der Waals surface area contributed by atoms with Crippen LogP contribution in [0.15, 0.2) is 66.7 Å². The third-order valence-corrected chi connectivity index (χ3v) is 4.77. The second kappa shape index (κ2) is 8.87. The van der Waals surface area contributed by atoms with Gasteiger partial charge in [0, 0.05) is 18.7 Å². The minimum Gasteiger partial charge on any atom is -0.492 e. The van der Waals surface area contributed by atoms with Crippen LogP contribution in [0.2, 0.25) is 0 Å². The summed E-state index contributed by atoms with van der Waals surface area (Å²) < 4.78 is 26.6. The van der Waals surface area contributed by atoms with Crippen molar-refractivity contribution in [3.63, 3.8) is 0 Å². The van der Waals surface area contributed by atoms with Crippen molar-refractivity contribution in [1.29, 1.82) is 0 Å². The van der Waals surface area contributed by atoms with Gasteiger partial charge in [0.1, 0.15) is 23.1 Å². The third-order valence-electron chi connectivity index (χ3n) is 4.77. The fourth-order valence-electron chi connectivity index (χ4n) is 3.34. The Morgan fingerprint density at radius 2 is 1.90 bits per heavy atom. The number of carbonyl (C=O) groups excluding carboxylic acids is 1. The molecule has 0 atom stereocenters. The van der Waals surface area contributed by atoms with Crippen molar-refractivity contribution >= 4 is 22.6 Å². The predicted octanol–water partition coefficient (Wildman–Crippen LogP) is 4.80. The lowest BCUT2D eigenvalue weighted by molar-refractivity contribution is -0.118. The number of hydrogen-bond acceptors (Lipinski definition) is 4. The number of carbonyl (C=O) groups is 1. The van der Waals surface area contributed by atoms with E-state index in [1.165, 1.54) is 12.1 Å². The Hall–Kier alpha value is -3.87. The van der Waals surface area contributed by atoms with Crippen LogP contribution >= 0.6 is 0 Å². The Balaban J connectivity index is 1.47. The molecule has 3 aromatic carbocycles. The molecule has 0 saturated carbocycles. The second-order valence-corrected chi connectivity index (χ2v) is 6.92. The molecule has 0 aliphatic rings. The highest BCUT2D eigenvalue weighted by molar-refractivity contribution is 5.93. The molecule has 1 aromatic heterocycles. The number of aromatic nitrogens is 2. The average molecular weight is 419 g/mol. The van der Waals surface area contributed by atoms with Gasteiger partial charge in [-0.25, -0.2) is 9.37 Å². The number of nitrogens with zero attached hydrogens (tertiary/aromatic N) is 2. The van der Waals surface area contributed by atoms with Gasteiger partial charge in [0.2, 0.25) is 0 Å². The molecule has 0 aliphatic heterocycles. The first-order valence-electron chi connectivity index (χ1n) is 9.92. The first kappa shape index (κ1) is 20.4. The summed E-state index contributed by atoms with van der Waals surface area (Å²) >= 11 is 0. The maximum Gasteiger partial charge on any atom is 0.262 e. The van der Waals surface area contributed by atoms with Crippen molar-refractivity contribution in [1.82, 2.24) is 9.55 Å². The van der Waals surface area contributed by atoms with E-state index in [9.17, 15) is 9.18 Å². The van der Waals surface area contributed by atoms with E-state index in [4.69, 9.17) is 9.47 Å². The molecule has 0 aliphatic carbocycles. The molecular weight excluding hydrogens is 397 g/mol. The van der Waals surface area contributed by atoms with Crippen molar-refractivity contribution in [2.24, 2.45) is 7.05 Å². The highest BCUT2D eigenvalue weighted by atomic mass is 19.1. The topological polar surface area (TPSA) is 65.4 Å². The first-order valence-corrected chi connectivity index (χ1v) is 9.92. The Morgan fingerprint density at radius 3 is 2.74 bits per heavy atom. The molecule has 1 heterocycles. The van der Waals surface area contributed by atoms with Gasteiger partial charge >= 0.3 is 0 Å². The van der Waals surface area contributed by atoms with Crippen LogP contribution in [0.25, 0.3) is 22.4 Å². The summed E-state index contributed by atoms with van der Waals surface area (Å²) in [5, 5.41) is 2.80. The van der Waals surface area contributed by atoms with Crippen molar-refractivity contribution in [3.05, 3.63) is 72.5 Å². The molecule has 6 nitrogen and oxygen atoms in total. The number of rotatable bonds is 7. The lowest BCUT2D eigenvalue weighted by atomic mass is 10.2. The number of nitrogens with one attached hydrogen (secondary N) is 1. The van der Waals surface area contributed by atoms with Gasteiger partial charge in [0.15, 0.2) is 6.61 Å². The van der Waals surface area contributed by atoms with E-state index in [0.29, 0.717) is 35.1 Å². The van der Waals surface area contributed by atoms with Crippen molar-refractivity contribution in [2.75, 3.05) is 18.5 Å². The van der Waals surface area contributed by atoms with Crippen LogP contribution < -0.4 is 14.8 Å². The van der Waals surface area contributed by atoms with E-state index in [1.54, 1.807) is 30.3 Å². The van der Waals surface area contributed by atoms with Gasteiger partial charge in [0.05, 0.1) is 23.3 Å². The maximum absolute atomic E-state index is 13.5. The molecule has 4 rings (SSSR count). The Morgan fingerprint density at radius 1 is 1.06 bits per heavy atom. The number of halogens is 1. The van der Waals surface area contributed by atoms with Crippen LogP contribution in [0.1, 0.15) is 6.92 Å². The lowest BCUT2D eigenvalue weighted by Crippen LogP contribution is -2.20. The van der Waals surface area contributed by atoms with Crippen LogP contribution in [-0.2, 0) is 11.8 Å². The zero-order valence-electron chi connectivity index (χ0n) is 17.3. The number of imidazole rings is 1.